The van der Waals surface area contributed by atoms with Crippen molar-refractivity contribution >= 4 is 11.8 Å². The molecule has 6 heteroatoms. The third kappa shape index (κ3) is 3.44. The predicted octanol–water partition coefficient (Wildman–Crippen LogP) is 0.418. The van der Waals surface area contributed by atoms with Crippen molar-refractivity contribution < 1.29 is 9.59 Å². The molecule has 1 heterocycles. The van der Waals surface area contributed by atoms with Gasteiger partial charge in [-0.15, -0.1) is 0 Å². The molecule has 1 radical (unpaired) electrons. The van der Waals surface area contributed by atoms with E-state index in [2.05, 4.69) is 22.2 Å². The molecule has 1 aromatic carbocycles. The molecular weight excluding hydrogens is 256 g/mol. The van der Waals surface area contributed by atoms with Crippen LogP contribution in [-0.2, 0) is 11.2 Å². The minimum Gasteiger partial charge on any atom is -0.368 e. The van der Waals surface area contributed by atoms with Crippen LogP contribution in [0.3, 0.4) is 0 Å². The van der Waals surface area contributed by atoms with Gasteiger partial charge in [0.25, 0.3) is 5.91 Å². The zero-order valence-corrected chi connectivity index (χ0v) is 10.8. The van der Waals surface area contributed by atoms with Gasteiger partial charge in [0.1, 0.15) is 6.04 Å². The molecule has 103 valence electrons. The molecule has 20 heavy (non-hydrogen) atoms. The van der Waals surface area contributed by atoms with Crippen LogP contribution in [0.25, 0.3) is 0 Å². The Bertz CT molecular complexity index is 590. The van der Waals surface area contributed by atoms with Gasteiger partial charge in [0, 0.05) is 23.9 Å². The third-order valence-electron chi connectivity index (χ3n) is 2.84. The number of benzene rings is 1. The molecule has 0 aliphatic rings. The van der Waals surface area contributed by atoms with Crippen molar-refractivity contribution in [3.8, 4) is 0 Å². The normalized spacial score (nSPS) is 11.8. The highest BCUT2D eigenvalue weighted by Gasteiger charge is 2.19. The van der Waals surface area contributed by atoms with Crippen LogP contribution >= 0.6 is 0 Å². The molecule has 1 unspecified atom stereocenters. The van der Waals surface area contributed by atoms with Gasteiger partial charge in [-0.25, -0.2) is 4.98 Å². The lowest BCUT2D eigenvalue weighted by Crippen LogP contribution is -2.45. The monoisotopic (exact) mass is 271 g/mol. The van der Waals surface area contributed by atoms with Crippen molar-refractivity contribution in [3.63, 3.8) is 0 Å². The number of primary amides is 1. The fourth-order valence-electron chi connectivity index (χ4n) is 1.74. The number of carbonyl (C=O) groups excluding carboxylic acids is 2. The maximum atomic E-state index is 12.0. The molecule has 1 atom stereocenters. The number of hydrogen-bond acceptors (Lipinski definition) is 3. The minimum absolute atomic E-state index is 0.272. The molecule has 4 N–H and O–H groups in total. The number of H-pyrrole nitrogens is 1. The Morgan fingerprint density at radius 1 is 1.35 bits per heavy atom. The second-order valence-electron chi connectivity index (χ2n) is 4.41. The lowest BCUT2D eigenvalue weighted by Gasteiger charge is -2.14. The summed E-state index contributed by atoms with van der Waals surface area (Å²) in [6.45, 7) is 3.74. The number of nitrogens with zero attached hydrogens (tertiary/aromatic N) is 1. The van der Waals surface area contributed by atoms with E-state index in [9.17, 15) is 9.59 Å². The fourth-order valence-corrected chi connectivity index (χ4v) is 1.74. The Morgan fingerprint density at radius 2 is 2.05 bits per heavy atom. The maximum Gasteiger partial charge on any atom is 0.251 e. The topological polar surface area (TPSA) is 101 Å². The number of aromatic nitrogens is 2. The highest BCUT2D eigenvalue weighted by molar-refractivity contribution is 5.97. The molecule has 0 aliphatic carbocycles. The van der Waals surface area contributed by atoms with Crippen LogP contribution in [0.2, 0.25) is 0 Å². The van der Waals surface area contributed by atoms with Gasteiger partial charge >= 0.3 is 0 Å². The molecule has 1 aromatic heterocycles. The Hall–Kier alpha value is -2.63. The van der Waals surface area contributed by atoms with Crippen LogP contribution < -0.4 is 11.1 Å². The lowest BCUT2D eigenvalue weighted by molar-refractivity contribution is -0.119. The van der Waals surface area contributed by atoms with Gasteiger partial charge in [0.2, 0.25) is 5.91 Å². The van der Waals surface area contributed by atoms with E-state index in [-0.39, 0.29) is 12.3 Å². The molecule has 0 aliphatic heterocycles. The molecule has 0 fully saturated rings. The van der Waals surface area contributed by atoms with Crippen molar-refractivity contribution in [3.05, 3.63) is 60.5 Å². The van der Waals surface area contributed by atoms with Gasteiger partial charge in [-0.05, 0) is 24.6 Å². The van der Waals surface area contributed by atoms with Crippen molar-refractivity contribution in [1.82, 2.24) is 15.3 Å². The second-order valence-corrected chi connectivity index (χ2v) is 4.41. The summed E-state index contributed by atoms with van der Waals surface area (Å²) in [5, 5.41) is 2.61. The average Bonchev–Trinajstić information content (AvgIpc) is 2.91. The Labute approximate surface area is 116 Å². The van der Waals surface area contributed by atoms with Crippen molar-refractivity contribution in [2.24, 2.45) is 5.73 Å². The van der Waals surface area contributed by atoms with Gasteiger partial charge in [0.15, 0.2) is 0 Å². The average molecular weight is 271 g/mol. The summed E-state index contributed by atoms with van der Waals surface area (Å²) < 4.78 is 0. The van der Waals surface area contributed by atoms with E-state index in [4.69, 9.17) is 5.73 Å². The summed E-state index contributed by atoms with van der Waals surface area (Å²) in [5.74, 6) is -0.949. The highest BCUT2D eigenvalue weighted by atomic mass is 16.2. The Morgan fingerprint density at radius 3 is 2.60 bits per heavy atom. The molecular formula is C14H15N4O2. The van der Waals surface area contributed by atoms with Crippen LogP contribution in [0, 0.1) is 6.92 Å². The first-order valence-electron chi connectivity index (χ1n) is 6.05. The van der Waals surface area contributed by atoms with E-state index >= 15 is 0 Å². The number of imidazole rings is 1. The Kier molecular flexibility index (Phi) is 4.14. The highest BCUT2D eigenvalue weighted by Crippen LogP contribution is 2.05. The molecule has 2 rings (SSSR count). The fraction of sp³-hybridized carbons (Fsp3) is 0.143. The summed E-state index contributed by atoms with van der Waals surface area (Å²) in [6, 6.07) is 5.95. The molecule has 0 bridgehead atoms. The van der Waals surface area contributed by atoms with Crippen molar-refractivity contribution in [2.75, 3.05) is 0 Å². The molecule has 0 saturated heterocycles. The van der Waals surface area contributed by atoms with Gasteiger partial charge in [-0.1, -0.05) is 12.1 Å². The number of rotatable bonds is 5. The quantitative estimate of drug-likeness (QED) is 0.734. The van der Waals surface area contributed by atoms with Crippen molar-refractivity contribution in [2.45, 2.75) is 12.5 Å². The standard InChI is InChI=1S/C14H15N4O2/c1-9-2-4-10(5-3-9)14(20)18-12(13(15)19)6-11-7-16-8-17-11/h2-5,7-8,12H,1,6H2,(H2,15,19)(H,16,17)(H,18,20). The van der Waals surface area contributed by atoms with E-state index in [0.29, 0.717) is 5.56 Å². The van der Waals surface area contributed by atoms with Crippen LogP contribution in [0.5, 0.6) is 0 Å². The number of aromatic amines is 1. The van der Waals surface area contributed by atoms with Crippen LogP contribution in [-0.4, -0.2) is 27.8 Å². The third-order valence-corrected chi connectivity index (χ3v) is 2.84. The smallest absolute Gasteiger partial charge is 0.251 e. The van der Waals surface area contributed by atoms with Crippen LogP contribution in [0.15, 0.2) is 36.8 Å². The van der Waals surface area contributed by atoms with E-state index in [1.807, 2.05) is 0 Å². The molecule has 0 spiro atoms. The predicted molar refractivity (Wildman–Crippen MR) is 73.6 cm³/mol. The zero-order chi connectivity index (χ0) is 14.5. The van der Waals surface area contributed by atoms with Gasteiger partial charge < -0.3 is 16.0 Å². The number of nitrogens with one attached hydrogen (secondary N) is 2. The summed E-state index contributed by atoms with van der Waals surface area (Å²) in [5.41, 5.74) is 7.29. The molecule has 2 amide bonds. The number of amides is 2. The van der Waals surface area contributed by atoms with Gasteiger partial charge in [-0.2, -0.15) is 0 Å². The maximum absolute atomic E-state index is 12.0. The summed E-state index contributed by atoms with van der Waals surface area (Å²) in [4.78, 5) is 30.2. The largest absolute Gasteiger partial charge is 0.368 e. The van der Waals surface area contributed by atoms with E-state index in [1.165, 1.54) is 6.33 Å². The first kappa shape index (κ1) is 13.8. The first-order chi connectivity index (χ1) is 9.56. The van der Waals surface area contributed by atoms with Crippen LogP contribution in [0.4, 0.5) is 0 Å². The Balaban J connectivity index is 2.06. The summed E-state index contributed by atoms with van der Waals surface area (Å²) in [7, 11) is 0. The van der Waals surface area contributed by atoms with Gasteiger partial charge in [0.05, 0.1) is 6.33 Å². The molecule has 6 nitrogen and oxygen atoms in total. The minimum atomic E-state index is -0.789. The number of carbonyl (C=O) groups is 2. The van der Waals surface area contributed by atoms with Crippen LogP contribution in [0.1, 0.15) is 21.6 Å². The van der Waals surface area contributed by atoms with E-state index < -0.39 is 11.9 Å². The SMILES string of the molecule is [CH2]c1ccc(C(=O)NC(Cc2cnc[nH]2)C(N)=O)cc1. The number of hydrogen-bond donors (Lipinski definition) is 3. The lowest BCUT2D eigenvalue weighted by atomic mass is 10.1. The molecule has 0 saturated carbocycles. The second kappa shape index (κ2) is 6.01. The number of nitrogens with two attached hydrogens (primary N) is 1. The summed E-state index contributed by atoms with van der Waals surface area (Å²) >= 11 is 0. The molecule has 2 aromatic rings. The summed E-state index contributed by atoms with van der Waals surface area (Å²) in [6.07, 6.45) is 3.36. The van der Waals surface area contributed by atoms with E-state index in [0.717, 1.165) is 11.3 Å². The van der Waals surface area contributed by atoms with Crippen molar-refractivity contribution in [1.29, 1.82) is 0 Å². The van der Waals surface area contributed by atoms with Gasteiger partial charge in [-0.3, -0.25) is 9.59 Å². The van der Waals surface area contributed by atoms with E-state index in [1.54, 1.807) is 30.5 Å². The zero-order valence-electron chi connectivity index (χ0n) is 10.8. The first-order valence-corrected chi connectivity index (χ1v) is 6.05.